The molecule has 0 unspecified atom stereocenters. The van der Waals surface area contributed by atoms with Gasteiger partial charge in [0.2, 0.25) is 0 Å². The van der Waals surface area contributed by atoms with Crippen molar-refractivity contribution in [2.45, 2.75) is 0 Å². The zero-order valence-corrected chi connectivity index (χ0v) is 6.43. The Hall–Kier alpha value is -0.960. The van der Waals surface area contributed by atoms with Crippen LogP contribution in [0.4, 0.5) is 0 Å². The van der Waals surface area contributed by atoms with E-state index in [0.29, 0.717) is 11.1 Å². The van der Waals surface area contributed by atoms with Crippen molar-refractivity contribution >= 4 is 22.8 Å². The lowest BCUT2D eigenvalue weighted by Gasteiger charge is -1.95. The van der Waals surface area contributed by atoms with Crippen molar-refractivity contribution < 1.29 is 0 Å². The Balaban J connectivity index is 2.86. The Bertz CT molecular complexity index is 356. The average Bonchev–Trinajstić information content (AvgIpc) is 2.36. The molecule has 0 aliphatic carbocycles. The third kappa shape index (κ3) is 1.01. The second-order valence-corrected chi connectivity index (χ2v) is 2.76. The smallest absolute Gasteiger partial charge is 0.105 e. The SMILES string of the molecule is [CH]c1cc2nsnc2cc1[CH]. The predicted octanol–water partition coefficient (Wildman–Crippen LogP) is 1.81. The minimum absolute atomic E-state index is 0.560. The van der Waals surface area contributed by atoms with Gasteiger partial charge in [0.05, 0.1) is 11.7 Å². The molecule has 0 saturated heterocycles. The van der Waals surface area contributed by atoms with Crippen LogP contribution in [0.5, 0.6) is 0 Å². The van der Waals surface area contributed by atoms with E-state index in [1.54, 1.807) is 12.1 Å². The Kier molecular flexibility index (Phi) is 1.39. The summed E-state index contributed by atoms with van der Waals surface area (Å²) in [6, 6.07) is 3.46. The van der Waals surface area contributed by atoms with Crippen molar-refractivity contribution in [1.29, 1.82) is 0 Å². The van der Waals surface area contributed by atoms with Gasteiger partial charge in [-0.15, -0.1) is 0 Å². The van der Waals surface area contributed by atoms with Crippen LogP contribution in [0.15, 0.2) is 12.1 Å². The van der Waals surface area contributed by atoms with Crippen LogP contribution in [-0.2, 0) is 0 Å². The first-order chi connectivity index (χ1) is 5.27. The molecular weight excluding hydrogens is 156 g/mol. The minimum Gasteiger partial charge on any atom is -0.173 e. The molecule has 4 radical (unpaired) electrons. The van der Waals surface area contributed by atoms with Crippen LogP contribution in [-0.4, -0.2) is 8.75 Å². The maximum atomic E-state index is 5.56. The Labute approximate surface area is 69.2 Å². The zero-order valence-electron chi connectivity index (χ0n) is 5.61. The fourth-order valence-electron chi connectivity index (χ4n) is 0.864. The topological polar surface area (TPSA) is 25.8 Å². The Morgan fingerprint density at radius 1 is 1.00 bits per heavy atom. The second kappa shape index (κ2) is 2.27. The van der Waals surface area contributed by atoms with Crippen LogP contribution in [0.25, 0.3) is 11.0 Å². The van der Waals surface area contributed by atoms with E-state index in [-0.39, 0.29) is 0 Å². The summed E-state index contributed by atoms with van der Waals surface area (Å²) in [5.74, 6) is 0. The summed E-state index contributed by atoms with van der Waals surface area (Å²) in [4.78, 5) is 0. The second-order valence-electron chi connectivity index (χ2n) is 2.23. The van der Waals surface area contributed by atoms with Gasteiger partial charge in [0, 0.05) is 0 Å². The van der Waals surface area contributed by atoms with Crippen molar-refractivity contribution in [2.75, 3.05) is 0 Å². The summed E-state index contributed by atoms with van der Waals surface area (Å²) in [6.07, 6.45) is 0. The number of fused-ring (bicyclic) bond motifs is 1. The fraction of sp³-hybridized carbons (Fsp3) is 0. The first-order valence-corrected chi connectivity index (χ1v) is 3.77. The number of rotatable bonds is 0. The summed E-state index contributed by atoms with van der Waals surface area (Å²) >= 11 is 1.16. The van der Waals surface area contributed by atoms with Crippen molar-refractivity contribution in [2.24, 2.45) is 0 Å². The summed E-state index contributed by atoms with van der Waals surface area (Å²) in [5.41, 5.74) is 2.74. The van der Waals surface area contributed by atoms with Crippen LogP contribution >= 0.6 is 11.7 Å². The van der Waals surface area contributed by atoms with Gasteiger partial charge in [-0.05, 0) is 37.1 Å². The van der Waals surface area contributed by atoms with Gasteiger partial charge in [0.25, 0.3) is 0 Å². The van der Waals surface area contributed by atoms with E-state index in [1.807, 2.05) is 0 Å². The monoisotopic (exact) mass is 160 g/mol. The third-order valence-corrected chi connectivity index (χ3v) is 2.02. The number of benzene rings is 1. The third-order valence-electron chi connectivity index (χ3n) is 1.46. The normalized spacial score (nSPS) is 10.7. The molecule has 2 nitrogen and oxygen atoms in total. The number of aromatic nitrogens is 2. The van der Waals surface area contributed by atoms with Gasteiger partial charge in [-0.3, -0.25) is 0 Å². The summed E-state index contributed by atoms with van der Waals surface area (Å²) in [6.45, 7) is 11.1. The lowest BCUT2D eigenvalue weighted by molar-refractivity contribution is 1.53. The highest BCUT2D eigenvalue weighted by Gasteiger charge is 2.00. The molecule has 0 bridgehead atoms. The molecule has 0 aliphatic rings. The van der Waals surface area contributed by atoms with E-state index < -0.39 is 0 Å². The molecule has 11 heavy (non-hydrogen) atoms. The maximum absolute atomic E-state index is 5.56. The molecule has 0 spiro atoms. The van der Waals surface area contributed by atoms with Gasteiger partial charge in [-0.2, -0.15) is 8.75 Å². The molecular formula is C8H4N2S. The molecule has 0 amide bonds. The van der Waals surface area contributed by atoms with E-state index >= 15 is 0 Å². The number of nitrogens with zero attached hydrogens (tertiary/aromatic N) is 2. The molecule has 0 fully saturated rings. The van der Waals surface area contributed by atoms with Crippen LogP contribution in [0.1, 0.15) is 11.1 Å². The summed E-state index contributed by atoms with van der Waals surface area (Å²) in [5, 5.41) is 0. The maximum Gasteiger partial charge on any atom is 0.105 e. The lowest BCUT2D eigenvalue weighted by Crippen LogP contribution is -1.79. The molecule has 52 valence electrons. The number of hydrogen-bond acceptors (Lipinski definition) is 3. The highest BCUT2D eigenvalue weighted by molar-refractivity contribution is 7.00. The van der Waals surface area contributed by atoms with Crippen molar-refractivity contribution in [1.82, 2.24) is 8.75 Å². The highest BCUT2D eigenvalue weighted by atomic mass is 32.1. The van der Waals surface area contributed by atoms with Crippen LogP contribution < -0.4 is 0 Å². The first-order valence-electron chi connectivity index (χ1n) is 3.04. The van der Waals surface area contributed by atoms with Gasteiger partial charge in [0.1, 0.15) is 11.0 Å². The van der Waals surface area contributed by atoms with Crippen molar-refractivity contribution in [3.63, 3.8) is 0 Å². The molecule has 1 heterocycles. The minimum atomic E-state index is 0.560. The van der Waals surface area contributed by atoms with E-state index in [0.717, 1.165) is 22.8 Å². The van der Waals surface area contributed by atoms with Gasteiger partial charge in [-0.1, -0.05) is 0 Å². The van der Waals surface area contributed by atoms with Crippen molar-refractivity contribution in [3.05, 3.63) is 37.1 Å². The molecule has 0 aliphatic heterocycles. The average molecular weight is 160 g/mol. The first kappa shape index (κ1) is 6.73. The fourth-order valence-corrected chi connectivity index (χ4v) is 1.37. The van der Waals surface area contributed by atoms with Crippen LogP contribution in [0, 0.1) is 13.8 Å². The summed E-state index contributed by atoms with van der Waals surface area (Å²) < 4.78 is 8.03. The van der Waals surface area contributed by atoms with Gasteiger partial charge >= 0.3 is 0 Å². The lowest BCUT2D eigenvalue weighted by atomic mass is 10.1. The quantitative estimate of drug-likeness (QED) is 0.587. The van der Waals surface area contributed by atoms with Crippen LogP contribution in [0.3, 0.4) is 0 Å². The van der Waals surface area contributed by atoms with E-state index in [4.69, 9.17) is 13.8 Å². The van der Waals surface area contributed by atoms with Gasteiger partial charge in [-0.25, -0.2) is 0 Å². The summed E-state index contributed by atoms with van der Waals surface area (Å²) in [7, 11) is 0. The molecule has 2 rings (SSSR count). The molecule has 0 N–H and O–H groups in total. The highest BCUT2D eigenvalue weighted by Crippen LogP contribution is 2.16. The standard InChI is InChI=1S/C8H4N2S/c1-5-3-7-8(4-6(5)2)10-11-9-7/h1-4H. The van der Waals surface area contributed by atoms with Gasteiger partial charge < -0.3 is 0 Å². The molecule has 3 heteroatoms. The van der Waals surface area contributed by atoms with E-state index in [1.165, 1.54) is 0 Å². The molecule has 2 aromatic rings. The molecule has 1 aromatic heterocycles. The van der Waals surface area contributed by atoms with Crippen LogP contribution in [0.2, 0.25) is 0 Å². The Morgan fingerprint density at radius 3 is 1.91 bits per heavy atom. The predicted molar refractivity (Wildman–Crippen MR) is 44.2 cm³/mol. The van der Waals surface area contributed by atoms with E-state index in [9.17, 15) is 0 Å². The van der Waals surface area contributed by atoms with E-state index in [2.05, 4.69) is 8.75 Å². The molecule has 0 atom stereocenters. The molecule has 0 saturated carbocycles. The van der Waals surface area contributed by atoms with Gasteiger partial charge in [0.15, 0.2) is 0 Å². The number of hydrogen-bond donors (Lipinski definition) is 0. The van der Waals surface area contributed by atoms with Crippen molar-refractivity contribution in [3.8, 4) is 0 Å². The Morgan fingerprint density at radius 2 is 1.45 bits per heavy atom. The molecule has 1 aromatic carbocycles. The largest absolute Gasteiger partial charge is 0.173 e. The zero-order chi connectivity index (χ0) is 7.84.